The van der Waals surface area contributed by atoms with E-state index in [2.05, 4.69) is 56.7 Å². The molecule has 2 heterocycles. The van der Waals surface area contributed by atoms with Crippen molar-refractivity contribution in [1.82, 2.24) is 14.7 Å². The molecular formula is C41H55N3O8Si. The molecule has 53 heavy (non-hydrogen) atoms. The Bertz CT molecular complexity index is 1760. The lowest BCUT2D eigenvalue weighted by molar-refractivity contribution is -0.146. The average molecular weight is 746 g/mol. The van der Waals surface area contributed by atoms with E-state index >= 15 is 0 Å². The third-order valence-electron chi connectivity index (χ3n) is 8.78. The van der Waals surface area contributed by atoms with Gasteiger partial charge in [-0.2, -0.15) is 9.78 Å². The molecule has 1 aliphatic heterocycles. The number of nitrogens with zero attached hydrogens (tertiary/aromatic N) is 3. The summed E-state index contributed by atoms with van der Waals surface area (Å²) < 4.78 is 24.7. The van der Waals surface area contributed by atoms with Gasteiger partial charge < -0.3 is 23.5 Å². The predicted molar refractivity (Wildman–Crippen MR) is 206 cm³/mol. The van der Waals surface area contributed by atoms with Crippen molar-refractivity contribution in [3.63, 3.8) is 0 Å². The first kappa shape index (κ1) is 41.2. The van der Waals surface area contributed by atoms with Crippen LogP contribution in [0.25, 0.3) is 0 Å². The number of rotatable bonds is 11. The Balaban J connectivity index is 1.74. The standard InChI is InChI=1S/C41H55N3O8Si/c1-12-49-36(46)31(25-28(2)27-50-53(41(9,10)11,29-19-15-13-16-20-29)30-21-17-14-18-22-30)35(45)34-32-26-43(37(47)51-39(3,4)5)24-23-33(32)42-44(34)38(48)52-40(6,7)8/h13-22,31H,2,12,23-27H2,1,3-11H3. The van der Waals surface area contributed by atoms with Gasteiger partial charge >= 0.3 is 18.2 Å². The zero-order valence-corrected chi connectivity index (χ0v) is 33.9. The molecule has 0 saturated carbocycles. The van der Waals surface area contributed by atoms with Crippen molar-refractivity contribution >= 4 is 42.6 Å². The molecule has 0 spiro atoms. The molecular weight excluding hydrogens is 691 g/mol. The number of aromatic nitrogens is 2. The highest BCUT2D eigenvalue weighted by Crippen LogP contribution is 2.37. The third-order valence-corrected chi connectivity index (χ3v) is 13.8. The van der Waals surface area contributed by atoms with E-state index in [9.17, 15) is 19.2 Å². The summed E-state index contributed by atoms with van der Waals surface area (Å²) in [6, 6.07) is 20.3. The number of carbonyl (C=O) groups is 4. The lowest BCUT2D eigenvalue weighted by atomic mass is 9.91. The van der Waals surface area contributed by atoms with Gasteiger partial charge in [-0.05, 0) is 70.3 Å². The summed E-state index contributed by atoms with van der Waals surface area (Å²) in [5.74, 6) is -2.85. The lowest BCUT2D eigenvalue weighted by Crippen LogP contribution is -2.66. The summed E-state index contributed by atoms with van der Waals surface area (Å²) in [6.45, 7) is 23.2. The van der Waals surface area contributed by atoms with E-state index in [1.54, 1.807) is 48.5 Å². The van der Waals surface area contributed by atoms with Crippen LogP contribution in [0.5, 0.6) is 0 Å². The van der Waals surface area contributed by atoms with Gasteiger partial charge in [-0.1, -0.05) is 93.6 Å². The molecule has 0 aliphatic carbocycles. The van der Waals surface area contributed by atoms with Crippen molar-refractivity contribution in [2.24, 2.45) is 5.92 Å². The molecule has 11 nitrogen and oxygen atoms in total. The first-order chi connectivity index (χ1) is 24.7. The number of esters is 1. The van der Waals surface area contributed by atoms with Crippen molar-refractivity contribution in [3.05, 3.63) is 89.8 Å². The fraction of sp³-hybridized carbons (Fsp3) is 0.488. The van der Waals surface area contributed by atoms with Crippen LogP contribution in [0.3, 0.4) is 0 Å². The molecule has 1 aromatic heterocycles. The van der Waals surface area contributed by atoms with E-state index in [1.165, 1.54) is 4.90 Å². The van der Waals surface area contributed by atoms with Crippen molar-refractivity contribution in [2.75, 3.05) is 19.8 Å². The van der Waals surface area contributed by atoms with E-state index in [0.717, 1.165) is 15.1 Å². The van der Waals surface area contributed by atoms with Gasteiger partial charge in [0.1, 0.15) is 22.8 Å². The van der Waals surface area contributed by atoms with Crippen molar-refractivity contribution in [1.29, 1.82) is 0 Å². The highest BCUT2D eigenvalue weighted by molar-refractivity contribution is 6.99. The third kappa shape index (κ3) is 9.71. The van der Waals surface area contributed by atoms with Crippen LogP contribution in [0, 0.1) is 5.92 Å². The van der Waals surface area contributed by atoms with Crippen LogP contribution in [-0.4, -0.2) is 77.9 Å². The van der Waals surface area contributed by atoms with E-state index in [-0.39, 0.29) is 49.9 Å². The van der Waals surface area contributed by atoms with E-state index < -0.39 is 49.4 Å². The zero-order chi connectivity index (χ0) is 39.4. The molecule has 0 saturated heterocycles. The van der Waals surface area contributed by atoms with Crippen LogP contribution < -0.4 is 10.4 Å². The predicted octanol–water partition coefficient (Wildman–Crippen LogP) is 6.84. The van der Waals surface area contributed by atoms with E-state index in [1.807, 2.05) is 36.4 Å². The van der Waals surface area contributed by atoms with Crippen LogP contribution in [-0.2, 0) is 36.4 Å². The summed E-state index contributed by atoms with van der Waals surface area (Å²) >= 11 is 0. The van der Waals surface area contributed by atoms with E-state index in [4.69, 9.17) is 18.6 Å². The van der Waals surface area contributed by atoms with Crippen LogP contribution in [0.1, 0.15) is 97.4 Å². The average Bonchev–Trinajstić information content (AvgIpc) is 3.45. The van der Waals surface area contributed by atoms with Gasteiger partial charge in [0.15, 0.2) is 5.78 Å². The van der Waals surface area contributed by atoms with Gasteiger partial charge in [-0.3, -0.25) is 9.59 Å². The number of ketones is 1. The summed E-state index contributed by atoms with van der Waals surface area (Å²) in [6.07, 6.45) is -1.30. The quantitative estimate of drug-likeness (QED) is 0.0518. The Morgan fingerprint density at radius 1 is 0.830 bits per heavy atom. The van der Waals surface area contributed by atoms with Crippen LogP contribution in [0.2, 0.25) is 5.04 Å². The Kier molecular flexibility index (Phi) is 12.6. The minimum atomic E-state index is -2.97. The van der Waals surface area contributed by atoms with Crippen LogP contribution in [0.15, 0.2) is 72.8 Å². The van der Waals surface area contributed by atoms with Gasteiger partial charge in [0.05, 0.1) is 25.5 Å². The Hall–Kier alpha value is -4.55. The monoisotopic (exact) mass is 745 g/mol. The number of fused-ring (bicyclic) bond motifs is 1. The fourth-order valence-electron chi connectivity index (χ4n) is 6.56. The molecule has 1 unspecified atom stereocenters. The minimum Gasteiger partial charge on any atom is -0.465 e. The molecule has 0 bridgehead atoms. The molecule has 2 aromatic carbocycles. The number of hydrogen-bond acceptors (Lipinski definition) is 9. The molecule has 4 rings (SSSR count). The second kappa shape index (κ2) is 16.2. The molecule has 12 heteroatoms. The Morgan fingerprint density at radius 2 is 1.36 bits per heavy atom. The maximum Gasteiger partial charge on any atom is 0.435 e. The molecule has 0 fully saturated rings. The smallest absolute Gasteiger partial charge is 0.435 e. The van der Waals surface area contributed by atoms with Crippen molar-refractivity contribution < 1.29 is 37.8 Å². The minimum absolute atomic E-state index is 0.0313. The SMILES string of the molecule is C=C(CO[Si](c1ccccc1)(c1ccccc1)C(C)(C)C)CC(C(=O)OCC)C(=O)c1c2c(nn1C(=O)OC(C)(C)C)CCN(C(=O)OC(C)(C)C)C2. The van der Waals surface area contributed by atoms with Gasteiger partial charge in [0.25, 0.3) is 8.32 Å². The molecule has 0 radical (unpaired) electrons. The van der Waals surface area contributed by atoms with Crippen molar-refractivity contribution in [2.45, 2.75) is 105 Å². The highest BCUT2D eigenvalue weighted by atomic mass is 28.4. The Morgan fingerprint density at radius 3 is 1.85 bits per heavy atom. The second-order valence-corrected chi connectivity index (χ2v) is 20.7. The molecule has 0 N–H and O–H groups in total. The number of benzene rings is 2. The highest BCUT2D eigenvalue weighted by Gasteiger charge is 2.50. The number of amides is 1. The molecule has 3 aromatic rings. The van der Waals surface area contributed by atoms with Gasteiger partial charge in [0, 0.05) is 18.5 Å². The fourth-order valence-corrected chi connectivity index (χ4v) is 11.1. The maximum absolute atomic E-state index is 14.8. The number of ether oxygens (including phenoxy) is 3. The first-order valence-electron chi connectivity index (χ1n) is 18.1. The van der Waals surface area contributed by atoms with Gasteiger partial charge in [0.2, 0.25) is 0 Å². The zero-order valence-electron chi connectivity index (χ0n) is 32.9. The number of hydrogen-bond donors (Lipinski definition) is 0. The molecule has 1 aliphatic rings. The molecule has 1 amide bonds. The summed E-state index contributed by atoms with van der Waals surface area (Å²) in [5, 5.41) is 6.34. The second-order valence-electron chi connectivity index (χ2n) is 16.4. The summed E-state index contributed by atoms with van der Waals surface area (Å²) in [4.78, 5) is 56.6. The lowest BCUT2D eigenvalue weighted by Gasteiger charge is -2.43. The number of Topliss-reactive ketones (excluding diaryl/α,β-unsaturated/α-hetero) is 1. The largest absolute Gasteiger partial charge is 0.465 e. The van der Waals surface area contributed by atoms with Crippen LogP contribution >= 0.6 is 0 Å². The Labute approximate surface area is 314 Å². The van der Waals surface area contributed by atoms with Crippen LogP contribution in [0.4, 0.5) is 9.59 Å². The van der Waals surface area contributed by atoms with Gasteiger partial charge in [-0.15, -0.1) is 0 Å². The van der Waals surface area contributed by atoms with Crippen molar-refractivity contribution in [3.8, 4) is 0 Å². The topological polar surface area (TPSA) is 126 Å². The summed E-state index contributed by atoms with van der Waals surface area (Å²) in [5.41, 5.74) is -0.488. The molecule has 1 atom stereocenters. The van der Waals surface area contributed by atoms with Gasteiger partial charge in [-0.25, -0.2) is 9.59 Å². The number of carbonyl (C=O) groups excluding carboxylic acids is 4. The van der Waals surface area contributed by atoms with E-state index in [0.29, 0.717) is 16.8 Å². The normalized spacial score (nSPS) is 14.2. The first-order valence-corrected chi connectivity index (χ1v) is 20.0. The molecule has 286 valence electrons. The summed E-state index contributed by atoms with van der Waals surface area (Å²) in [7, 11) is -2.97. The maximum atomic E-state index is 14.8.